The molecule has 46 heavy (non-hydrogen) atoms. The lowest BCUT2D eigenvalue weighted by Gasteiger charge is -2.13. The van der Waals surface area contributed by atoms with Gasteiger partial charge >= 0.3 is 6.01 Å². The molecule has 6 aromatic carbocycles. The minimum atomic E-state index is 0.589. The number of thiophene rings is 1. The van der Waals surface area contributed by atoms with E-state index in [1.54, 1.807) is 11.3 Å². The molecule has 0 atom stereocenters. The highest BCUT2D eigenvalue weighted by Crippen LogP contribution is 2.41. The fourth-order valence-corrected chi connectivity index (χ4v) is 8.89. The van der Waals surface area contributed by atoms with Crippen molar-refractivity contribution in [1.29, 1.82) is 0 Å². The summed E-state index contributed by atoms with van der Waals surface area (Å²) < 4.78 is 13.8. The van der Waals surface area contributed by atoms with Crippen molar-refractivity contribution in [1.82, 2.24) is 14.1 Å². The molecule has 0 saturated heterocycles. The quantitative estimate of drug-likeness (QED) is 0.196. The number of para-hydroxylation sites is 1. The zero-order chi connectivity index (χ0) is 29.9. The van der Waals surface area contributed by atoms with Crippen LogP contribution in [0.4, 0.5) is 0 Å². The molecular weight excluding hydrogens is 583 g/mol. The summed E-state index contributed by atoms with van der Waals surface area (Å²) in [4.78, 5) is 5.24. The van der Waals surface area contributed by atoms with Crippen LogP contribution in [-0.4, -0.2) is 14.1 Å². The molecule has 0 unspecified atom stereocenters. The predicted molar refractivity (Wildman–Crippen MR) is 193 cm³/mol. The molecule has 0 radical (unpaired) electrons. The van der Waals surface area contributed by atoms with Crippen molar-refractivity contribution >= 4 is 92.2 Å². The second-order valence-electron chi connectivity index (χ2n) is 12.3. The van der Waals surface area contributed by atoms with Crippen LogP contribution in [0.3, 0.4) is 0 Å². The Morgan fingerprint density at radius 2 is 1.41 bits per heavy atom. The van der Waals surface area contributed by atoms with Crippen molar-refractivity contribution in [3.05, 3.63) is 133 Å². The van der Waals surface area contributed by atoms with Crippen LogP contribution >= 0.6 is 11.3 Å². The predicted octanol–water partition coefficient (Wildman–Crippen LogP) is 11.3. The Morgan fingerprint density at radius 1 is 0.630 bits per heavy atom. The summed E-state index contributed by atoms with van der Waals surface area (Å²) in [5.74, 6) is 0. The Hall–Kier alpha value is -5.65. The molecule has 216 valence electrons. The monoisotopic (exact) mass is 607 g/mol. The molecule has 0 aliphatic heterocycles. The molecule has 4 nitrogen and oxygen atoms in total. The van der Waals surface area contributed by atoms with Crippen LogP contribution in [0, 0.1) is 0 Å². The number of hydrogen-bond donors (Lipinski definition) is 0. The van der Waals surface area contributed by atoms with Gasteiger partial charge in [-0.1, -0.05) is 72.8 Å². The van der Waals surface area contributed by atoms with Gasteiger partial charge in [0, 0.05) is 47.7 Å². The first-order chi connectivity index (χ1) is 22.8. The summed E-state index contributed by atoms with van der Waals surface area (Å²) in [6.45, 7) is 0. The highest BCUT2D eigenvalue weighted by molar-refractivity contribution is 7.26. The number of aryl methyl sites for hydroxylation is 1. The van der Waals surface area contributed by atoms with Gasteiger partial charge in [-0.05, 0) is 83.8 Å². The fraction of sp³-hybridized carbons (Fsp3) is 0.0488. The number of oxazole rings is 1. The molecule has 4 aromatic heterocycles. The zero-order valence-corrected chi connectivity index (χ0v) is 25.5. The molecular formula is C41H25N3OS. The summed E-state index contributed by atoms with van der Waals surface area (Å²) in [6, 6.07) is 42.2. The first kappa shape index (κ1) is 24.6. The van der Waals surface area contributed by atoms with Gasteiger partial charge in [0.15, 0.2) is 5.58 Å². The number of aromatic nitrogens is 3. The minimum Gasteiger partial charge on any atom is -0.423 e. The van der Waals surface area contributed by atoms with Gasteiger partial charge in [-0.15, -0.1) is 11.3 Å². The third-order valence-electron chi connectivity index (χ3n) is 9.81. The van der Waals surface area contributed by atoms with Gasteiger partial charge in [0.1, 0.15) is 5.52 Å². The van der Waals surface area contributed by atoms with E-state index in [1.807, 2.05) is 0 Å². The molecule has 0 fully saturated rings. The van der Waals surface area contributed by atoms with Crippen LogP contribution in [-0.2, 0) is 6.42 Å². The molecule has 0 spiro atoms. The number of allylic oxidation sites excluding steroid dienone is 1. The van der Waals surface area contributed by atoms with E-state index in [0.29, 0.717) is 6.01 Å². The molecule has 4 heterocycles. The van der Waals surface area contributed by atoms with Gasteiger partial charge < -0.3 is 8.98 Å². The first-order valence-corrected chi connectivity index (χ1v) is 16.6. The van der Waals surface area contributed by atoms with E-state index in [0.717, 1.165) is 40.7 Å². The molecule has 1 aliphatic rings. The Labute approximate surface area is 267 Å². The van der Waals surface area contributed by atoms with E-state index < -0.39 is 0 Å². The molecule has 11 rings (SSSR count). The first-order valence-electron chi connectivity index (χ1n) is 15.8. The van der Waals surface area contributed by atoms with E-state index in [-0.39, 0.29) is 0 Å². The average Bonchev–Trinajstić information content (AvgIpc) is 3.85. The number of hydrogen-bond acceptors (Lipinski definition) is 3. The molecule has 1 aliphatic carbocycles. The maximum absolute atomic E-state index is 6.63. The van der Waals surface area contributed by atoms with E-state index in [9.17, 15) is 0 Å². The van der Waals surface area contributed by atoms with Crippen LogP contribution in [0.25, 0.3) is 92.5 Å². The lowest BCUT2D eigenvalue weighted by atomic mass is 9.99. The second kappa shape index (κ2) is 8.96. The highest BCUT2D eigenvalue weighted by atomic mass is 32.1. The molecule has 0 saturated carbocycles. The summed E-state index contributed by atoms with van der Waals surface area (Å²) in [7, 11) is 0. The largest absolute Gasteiger partial charge is 0.423 e. The Balaban J connectivity index is 1.21. The minimum absolute atomic E-state index is 0.589. The standard InChI is InChI=1S/C41H25N3OS/c1-2-10-25-22-34-31(21-24(25)9-1)28-12-4-6-14-32(28)43(34)26-17-18-29-27-11-3-7-15-33(27)44(35(29)23-26)41-42-40-36(45-41)19-20-38-39(40)30-13-5-8-16-37(30)46-38/h1-3,5-11,13-23H,4,12H2. The van der Waals surface area contributed by atoms with Gasteiger partial charge in [0.05, 0.1) is 16.6 Å². The third kappa shape index (κ3) is 3.25. The molecule has 0 amide bonds. The molecule has 10 aromatic rings. The zero-order valence-electron chi connectivity index (χ0n) is 24.7. The SMILES string of the molecule is C1=Cc2c(c3cc4ccccc4cc3n2-c2ccc3c4ccccc4n(-c4nc5c(ccc6sc7ccccc7c65)o4)c3c2)CC1. The van der Waals surface area contributed by atoms with Crippen molar-refractivity contribution in [2.75, 3.05) is 0 Å². The average molecular weight is 608 g/mol. The van der Waals surface area contributed by atoms with Gasteiger partial charge in [0.25, 0.3) is 0 Å². The summed E-state index contributed by atoms with van der Waals surface area (Å²) >= 11 is 1.80. The lowest BCUT2D eigenvalue weighted by Crippen LogP contribution is -2.01. The van der Waals surface area contributed by atoms with E-state index >= 15 is 0 Å². The van der Waals surface area contributed by atoms with Crippen LogP contribution < -0.4 is 0 Å². The van der Waals surface area contributed by atoms with Gasteiger partial charge in [-0.25, -0.2) is 0 Å². The third-order valence-corrected chi connectivity index (χ3v) is 10.9. The Bertz CT molecular complexity index is 2930. The fourth-order valence-electron chi connectivity index (χ4n) is 7.79. The molecule has 0 bridgehead atoms. The number of rotatable bonds is 2. The van der Waals surface area contributed by atoms with E-state index in [1.165, 1.54) is 63.9 Å². The van der Waals surface area contributed by atoms with Crippen molar-refractivity contribution < 1.29 is 4.42 Å². The van der Waals surface area contributed by atoms with Crippen LogP contribution in [0.1, 0.15) is 17.7 Å². The summed E-state index contributed by atoms with van der Waals surface area (Å²) in [6.07, 6.45) is 6.72. The maximum atomic E-state index is 6.63. The van der Waals surface area contributed by atoms with E-state index in [4.69, 9.17) is 9.40 Å². The second-order valence-corrected chi connectivity index (χ2v) is 13.4. The normalized spacial score (nSPS) is 13.4. The molecule has 0 N–H and O–H groups in total. The van der Waals surface area contributed by atoms with Crippen molar-refractivity contribution in [3.8, 4) is 11.7 Å². The lowest BCUT2D eigenvalue weighted by molar-refractivity contribution is 0.574. The number of benzene rings is 6. The number of fused-ring (bicyclic) bond motifs is 12. The highest BCUT2D eigenvalue weighted by Gasteiger charge is 2.22. The summed E-state index contributed by atoms with van der Waals surface area (Å²) in [5.41, 5.74) is 8.94. The van der Waals surface area contributed by atoms with Crippen LogP contribution in [0.5, 0.6) is 0 Å². The van der Waals surface area contributed by atoms with Crippen molar-refractivity contribution in [2.24, 2.45) is 0 Å². The summed E-state index contributed by atoms with van der Waals surface area (Å²) in [5, 5.41) is 8.63. The van der Waals surface area contributed by atoms with Gasteiger partial charge in [-0.2, -0.15) is 4.98 Å². The van der Waals surface area contributed by atoms with Gasteiger partial charge in [0.2, 0.25) is 0 Å². The van der Waals surface area contributed by atoms with Crippen molar-refractivity contribution in [2.45, 2.75) is 12.8 Å². The van der Waals surface area contributed by atoms with Crippen molar-refractivity contribution in [3.63, 3.8) is 0 Å². The van der Waals surface area contributed by atoms with Gasteiger partial charge in [-0.3, -0.25) is 4.57 Å². The number of nitrogens with zero attached hydrogens (tertiary/aromatic N) is 3. The Morgan fingerprint density at radius 3 is 2.35 bits per heavy atom. The maximum Gasteiger partial charge on any atom is 0.307 e. The smallest absolute Gasteiger partial charge is 0.307 e. The topological polar surface area (TPSA) is 35.9 Å². The van der Waals surface area contributed by atoms with Crippen LogP contribution in [0.2, 0.25) is 0 Å². The molecule has 5 heteroatoms. The Kier molecular flexibility index (Phi) is 4.80. The van der Waals surface area contributed by atoms with E-state index in [2.05, 4.69) is 137 Å². The van der Waals surface area contributed by atoms with Crippen LogP contribution in [0.15, 0.2) is 126 Å².